The number of hydrogen-bond donors (Lipinski definition) is 3. The summed E-state index contributed by atoms with van der Waals surface area (Å²) < 4.78 is 25.2. The molecule has 3 N–H and O–H groups in total. The van der Waals surface area contributed by atoms with Crippen molar-refractivity contribution in [3.8, 4) is 6.07 Å². The van der Waals surface area contributed by atoms with E-state index in [9.17, 15) is 13.2 Å². The van der Waals surface area contributed by atoms with E-state index in [1.807, 2.05) is 10.8 Å². The SMILES string of the molecule is N#Cc1ccc(CS(=O)(=O)N[C@H](CO)C(=O)O)cc1. The molecule has 1 aromatic carbocycles. The molecule has 0 aliphatic heterocycles. The molecule has 7 nitrogen and oxygen atoms in total. The molecule has 0 aliphatic rings. The van der Waals surface area contributed by atoms with Gasteiger partial charge in [0.1, 0.15) is 6.04 Å². The van der Waals surface area contributed by atoms with Crippen molar-refractivity contribution >= 4 is 16.0 Å². The van der Waals surface area contributed by atoms with Crippen molar-refractivity contribution in [2.24, 2.45) is 0 Å². The second kappa shape index (κ2) is 6.29. The quantitative estimate of drug-likeness (QED) is 0.641. The minimum Gasteiger partial charge on any atom is -0.480 e. The van der Waals surface area contributed by atoms with Gasteiger partial charge in [-0.1, -0.05) is 12.1 Å². The second-order valence-electron chi connectivity index (χ2n) is 3.76. The standard InChI is InChI=1S/C11H12N2O5S/c12-5-8-1-3-9(4-2-8)7-19(17,18)13-10(6-14)11(15)16/h1-4,10,13-14H,6-7H2,(H,15,16)/t10-/m1/s1. The van der Waals surface area contributed by atoms with Gasteiger partial charge < -0.3 is 10.2 Å². The highest BCUT2D eigenvalue weighted by Crippen LogP contribution is 2.07. The minimum atomic E-state index is -3.88. The number of rotatable bonds is 6. The maximum atomic E-state index is 11.7. The van der Waals surface area contributed by atoms with Gasteiger partial charge in [0.2, 0.25) is 10.0 Å². The van der Waals surface area contributed by atoms with Gasteiger partial charge in [-0.25, -0.2) is 8.42 Å². The lowest BCUT2D eigenvalue weighted by Crippen LogP contribution is -2.43. The predicted octanol–water partition coefficient (Wildman–Crippen LogP) is -0.577. The number of nitrogens with zero attached hydrogens (tertiary/aromatic N) is 1. The van der Waals surface area contributed by atoms with Gasteiger partial charge in [0.05, 0.1) is 24.0 Å². The molecule has 8 heteroatoms. The normalized spacial score (nSPS) is 12.6. The van der Waals surface area contributed by atoms with Gasteiger partial charge in [0, 0.05) is 0 Å². The van der Waals surface area contributed by atoms with E-state index >= 15 is 0 Å². The predicted molar refractivity (Wildman–Crippen MR) is 65.4 cm³/mol. The van der Waals surface area contributed by atoms with Crippen LogP contribution in [-0.4, -0.2) is 37.2 Å². The van der Waals surface area contributed by atoms with Crippen LogP contribution in [0.2, 0.25) is 0 Å². The molecule has 1 rings (SSSR count). The summed E-state index contributed by atoms with van der Waals surface area (Å²) in [7, 11) is -3.88. The van der Waals surface area contributed by atoms with E-state index in [0.717, 1.165) is 0 Å². The fourth-order valence-electron chi connectivity index (χ4n) is 1.32. The fourth-order valence-corrected chi connectivity index (χ4v) is 2.64. The Hall–Kier alpha value is -1.95. The molecule has 0 saturated heterocycles. The molecule has 0 radical (unpaired) electrons. The van der Waals surface area contributed by atoms with Crippen LogP contribution in [0.1, 0.15) is 11.1 Å². The molecule has 0 amide bonds. The Morgan fingerprint density at radius 2 is 1.95 bits per heavy atom. The molecular formula is C11H12N2O5S. The number of aliphatic hydroxyl groups excluding tert-OH is 1. The lowest BCUT2D eigenvalue weighted by molar-refractivity contribution is -0.139. The number of carboxylic acids is 1. The minimum absolute atomic E-state index is 0.396. The first-order valence-electron chi connectivity index (χ1n) is 5.20. The third-order valence-electron chi connectivity index (χ3n) is 2.24. The van der Waals surface area contributed by atoms with Gasteiger partial charge in [-0.3, -0.25) is 4.79 Å². The number of carbonyl (C=O) groups is 1. The number of nitrogens with one attached hydrogen (secondary N) is 1. The van der Waals surface area contributed by atoms with Gasteiger partial charge in [-0.15, -0.1) is 0 Å². The van der Waals surface area contributed by atoms with Crippen LogP contribution in [0.3, 0.4) is 0 Å². The van der Waals surface area contributed by atoms with E-state index in [2.05, 4.69) is 0 Å². The molecule has 0 spiro atoms. The van der Waals surface area contributed by atoms with E-state index in [1.54, 1.807) is 0 Å². The highest BCUT2D eigenvalue weighted by atomic mass is 32.2. The van der Waals surface area contributed by atoms with E-state index < -0.39 is 34.4 Å². The van der Waals surface area contributed by atoms with E-state index in [1.165, 1.54) is 24.3 Å². The van der Waals surface area contributed by atoms with Crippen molar-refractivity contribution in [1.29, 1.82) is 5.26 Å². The van der Waals surface area contributed by atoms with Crippen molar-refractivity contribution in [3.63, 3.8) is 0 Å². The van der Waals surface area contributed by atoms with Crippen molar-refractivity contribution in [3.05, 3.63) is 35.4 Å². The van der Waals surface area contributed by atoms with Crippen molar-refractivity contribution in [1.82, 2.24) is 4.72 Å². The molecule has 0 aliphatic carbocycles. The number of hydrogen-bond acceptors (Lipinski definition) is 5. The Morgan fingerprint density at radius 1 is 1.37 bits per heavy atom. The van der Waals surface area contributed by atoms with Crippen molar-refractivity contribution in [2.45, 2.75) is 11.8 Å². The third kappa shape index (κ3) is 4.67. The van der Waals surface area contributed by atoms with Crippen LogP contribution in [0, 0.1) is 11.3 Å². The number of carboxylic acid groups (broad SMARTS) is 1. The number of benzene rings is 1. The number of nitriles is 1. The molecule has 19 heavy (non-hydrogen) atoms. The summed E-state index contributed by atoms with van der Waals surface area (Å²) in [4.78, 5) is 10.6. The van der Waals surface area contributed by atoms with E-state index in [-0.39, 0.29) is 0 Å². The van der Waals surface area contributed by atoms with Gasteiger partial charge in [0.15, 0.2) is 0 Å². The maximum Gasteiger partial charge on any atom is 0.324 e. The maximum absolute atomic E-state index is 11.7. The van der Waals surface area contributed by atoms with E-state index in [4.69, 9.17) is 15.5 Å². The second-order valence-corrected chi connectivity index (χ2v) is 5.51. The van der Waals surface area contributed by atoms with Crippen LogP contribution in [0.5, 0.6) is 0 Å². The Bertz CT molecular complexity index is 589. The number of sulfonamides is 1. The Morgan fingerprint density at radius 3 is 2.37 bits per heavy atom. The van der Waals surface area contributed by atoms with Crippen LogP contribution >= 0.6 is 0 Å². The Balaban J connectivity index is 2.79. The molecule has 102 valence electrons. The first kappa shape index (κ1) is 15.1. The first-order valence-corrected chi connectivity index (χ1v) is 6.86. The van der Waals surface area contributed by atoms with Crippen LogP contribution in [0.4, 0.5) is 0 Å². The van der Waals surface area contributed by atoms with E-state index in [0.29, 0.717) is 11.1 Å². The lowest BCUT2D eigenvalue weighted by Gasteiger charge is -2.12. The molecule has 0 fully saturated rings. The fraction of sp³-hybridized carbons (Fsp3) is 0.273. The zero-order valence-corrected chi connectivity index (χ0v) is 10.6. The highest BCUT2D eigenvalue weighted by molar-refractivity contribution is 7.88. The summed E-state index contributed by atoms with van der Waals surface area (Å²) in [6.07, 6.45) is 0. The van der Waals surface area contributed by atoms with Crippen LogP contribution in [0.25, 0.3) is 0 Å². The number of aliphatic carboxylic acids is 1. The summed E-state index contributed by atoms with van der Waals surface area (Å²) in [5.41, 5.74) is 0.807. The monoisotopic (exact) mass is 284 g/mol. The van der Waals surface area contributed by atoms with Crippen LogP contribution < -0.4 is 4.72 Å². The molecule has 0 heterocycles. The number of aliphatic hydroxyl groups is 1. The van der Waals surface area contributed by atoms with Crippen LogP contribution in [0.15, 0.2) is 24.3 Å². The molecule has 1 atom stereocenters. The largest absolute Gasteiger partial charge is 0.480 e. The molecule has 1 aromatic rings. The average Bonchev–Trinajstić information content (AvgIpc) is 2.36. The molecule has 0 unspecified atom stereocenters. The molecular weight excluding hydrogens is 272 g/mol. The van der Waals surface area contributed by atoms with Gasteiger partial charge in [-0.05, 0) is 17.7 Å². The zero-order valence-electron chi connectivity index (χ0n) is 9.78. The smallest absolute Gasteiger partial charge is 0.324 e. The van der Waals surface area contributed by atoms with Gasteiger partial charge in [0.25, 0.3) is 0 Å². The van der Waals surface area contributed by atoms with Crippen molar-refractivity contribution in [2.75, 3.05) is 6.61 Å². The lowest BCUT2D eigenvalue weighted by atomic mass is 10.2. The summed E-state index contributed by atoms with van der Waals surface area (Å²) in [6, 6.07) is 6.19. The summed E-state index contributed by atoms with van der Waals surface area (Å²) in [5, 5.41) is 26.0. The molecule has 0 bridgehead atoms. The summed E-state index contributed by atoms with van der Waals surface area (Å²) in [5.74, 6) is -1.88. The third-order valence-corrected chi connectivity index (χ3v) is 3.60. The topological polar surface area (TPSA) is 127 Å². The van der Waals surface area contributed by atoms with Crippen LogP contribution in [-0.2, 0) is 20.6 Å². The summed E-state index contributed by atoms with van der Waals surface area (Å²) in [6.45, 7) is -0.831. The Kier molecular flexibility index (Phi) is 5.00. The van der Waals surface area contributed by atoms with Crippen molar-refractivity contribution < 1.29 is 23.4 Å². The molecule has 0 aromatic heterocycles. The molecule has 0 saturated carbocycles. The highest BCUT2D eigenvalue weighted by Gasteiger charge is 2.23. The van der Waals surface area contributed by atoms with Gasteiger partial charge >= 0.3 is 5.97 Å². The average molecular weight is 284 g/mol. The zero-order chi connectivity index (χ0) is 14.5. The Labute approximate surface area is 110 Å². The van der Waals surface area contributed by atoms with Gasteiger partial charge in [-0.2, -0.15) is 9.98 Å². The summed E-state index contributed by atoms with van der Waals surface area (Å²) >= 11 is 0. The first-order chi connectivity index (χ1) is 8.88.